The predicted molar refractivity (Wildman–Crippen MR) is 133 cm³/mol. The first-order valence-corrected chi connectivity index (χ1v) is 11.6. The lowest BCUT2D eigenvalue weighted by Gasteiger charge is -2.38. The van der Waals surface area contributed by atoms with E-state index in [1.807, 2.05) is 55.5 Å². The van der Waals surface area contributed by atoms with Gasteiger partial charge in [-0.3, -0.25) is 4.79 Å². The topological polar surface area (TPSA) is 79.8 Å². The maximum absolute atomic E-state index is 13.3. The standard InChI is InChI=1S/C28H28N2O4/c1-3-34-19-13-11-18(12-14-19)29-28(32)23-9-5-8-22-20-6-4-7-21(20)26(30-27(22)23)17-10-15-24(31)25(16-17)33-2/h4-6,8-16,20-21,26,30-31H,3,7H2,1-2H3,(H,29,32). The number of methoxy groups -OCH3 is 1. The Labute approximate surface area is 199 Å². The van der Waals surface area contributed by atoms with Crippen LogP contribution in [0.1, 0.15) is 46.8 Å². The van der Waals surface area contributed by atoms with Gasteiger partial charge in [0.15, 0.2) is 11.5 Å². The average Bonchev–Trinajstić information content (AvgIpc) is 3.35. The number of hydrogen-bond acceptors (Lipinski definition) is 5. The van der Waals surface area contributed by atoms with Gasteiger partial charge in [0.05, 0.1) is 31.0 Å². The van der Waals surface area contributed by atoms with Crippen molar-refractivity contribution in [1.29, 1.82) is 0 Å². The second-order valence-electron chi connectivity index (χ2n) is 8.59. The van der Waals surface area contributed by atoms with E-state index in [2.05, 4.69) is 28.9 Å². The Morgan fingerprint density at radius 1 is 1.15 bits per heavy atom. The molecule has 3 atom stereocenters. The molecule has 3 N–H and O–H groups in total. The molecule has 1 aliphatic heterocycles. The summed E-state index contributed by atoms with van der Waals surface area (Å²) >= 11 is 0. The summed E-state index contributed by atoms with van der Waals surface area (Å²) < 4.78 is 10.8. The third-order valence-electron chi connectivity index (χ3n) is 6.63. The van der Waals surface area contributed by atoms with Crippen LogP contribution in [0, 0.1) is 5.92 Å². The first-order chi connectivity index (χ1) is 16.6. The summed E-state index contributed by atoms with van der Waals surface area (Å²) in [4.78, 5) is 13.3. The molecule has 0 spiro atoms. The number of amides is 1. The summed E-state index contributed by atoms with van der Waals surface area (Å²) in [5.74, 6) is 1.67. The number of carbonyl (C=O) groups is 1. The molecule has 34 heavy (non-hydrogen) atoms. The van der Waals surface area contributed by atoms with E-state index < -0.39 is 0 Å². The zero-order chi connectivity index (χ0) is 23.7. The molecule has 1 aliphatic carbocycles. The zero-order valence-corrected chi connectivity index (χ0v) is 19.2. The fourth-order valence-electron chi connectivity index (χ4n) is 5.03. The van der Waals surface area contributed by atoms with Gasteiger partial charge in [0, 0.05) is 11.6 Å². The normalized spacial score (nSPS) is 20.1. The number of nitrogens with one attached hydrogen (secondary N) is 2. The van der Waals surface area contributed by atoms with Crippen molar-refractivity contribution < 1.29 is 19.4 Å². The predicted octanol–water partition coefficient (Wildman–Crippen LogP) is 5.88. The van der Waals surface area contributed by atoms with E-state index in [4.69, 9.17) is 9.47 Å². The molecule has 1 heterocycles. The minimum absolute atomic E-state index is 0.0265. The number of phenols is 1. The third kappa shape index (κ3) is 3.96. The first-order valence-electron chi connectivity index (χ1n) is 11.6. The number of fused-ring (bicyclic) bond motifs is 3. The van der Waals surface area contributed by atoms with Crippen LogP contribution in [0.3, 0.4) is 0 Å². The summed E-state index contributed by atoms with van der Waals surface area (Å²) in [5, 5.41) is 16.7. The molecular weight excluding hydrogens is 428 g/mol. The van der Waals surface area contributed by atoms with Crippen molar-refractivity contribution >= 4 is 17.3 Å². The highest BCUT2D eigenvalue weighted by Crippen LogP contribution is 2.51. The fraction of sp³-hybridized carbons (Fsp3) is 0.250. The van der Waals surface area contributed by atoms with E-state index in [-0.39, 0.29) is 23.6 Å². The van der Waals surface area contributed by atoms with Crippen LogP contribution in [-0.4, -0.2) is 24.7 Å². The van der Waals surface area contributed by atoms with Crippen molar-refractivity contribution in [2.45, 2.75) is 25.3 Å². The monoisotopic (exact) mass is 456 g/mol. The summed E-state index contributed by atoms with van der Waals surface area (Å²) in [6, 6.07) is 18.7. The molecular formula is C28H28N2O4. The van der Waals surface area contributed by atoms with Gasteiger partial charge in [-0.1, -0.05) is 30.4 Å². The molecule has 2 aliphatic rings. The average molecular weight is 457 g/mol. The molecule has 0 saturated heterocycles. The molecule has 6 heteroatoms. The molecule has 0 fully saturated rings. The number of benzene rings is 3. The molecule has 5 rings (SSSR count). The van der Waals surface area contributed by atoms with Crippen LogP contribution in [0.5, 0.6) is 17.2 Å². The number of allylic oxidation sites excluding steroid dienone is 2. The first kappa shape index (κ1) is 21.9. The smallest absolute Gasteiger partial charge is 0.257 e. The number of anilines is 2. The molecule has 174 valence electrons. The van der Waals surface area contributed by atoms with Crippen molar-refractivity contribution in [2.24, 2.45) is 5.92 Å². The lowest BCUT2D eigenvalue weighted by molar-refractivity contribution is 0.102. The van der Waals surface area contributed by atoms with Crippen LogP contribution in [0.2, 0.25) is 0 Å². The maximum atomic E-state index is 13.3. The minimum atomic E-state index is -0.170. The molecule has 1 amide bonds. The second kappa shape index (κ2) is 9.14. The summed E-state index contributed by atoms with van der Waals surface area (Å²) in [6.45, 7) is 2.53. The number of aromatic hydroxyl groups is 1. The number of para-hydroxylation sites is 1. The molecule has 3 aromatic rings. The minimum Gasteiger partial charge on any atom is -0.504 e. The number of carbonyl (C=O) groups excluding carboxylic acids is 1. The van der Waals surface area contributed by atoms with Crippen molar-refractivity contribution in [1.82, 2.24) is 0 Å². The van der Waals surface area contributed by atoms with Gasteiger partial charge in [0.25, 0.3) is 5.91 Å². The molecule has 0 aromatic heterocycles. The van der Waals surface area contributed by atoms with Crippen LogP contribution in [-0.2, 0) is 0 Å². The molecule has 0 bridgehead atoms. The Morgan fingerprint density at radius 3 is 2.74 bits per heavy atom. The van der Waals surface area contributed by atoms with Crippen molar-refractivity contribution in [3.8, 4) is 17.2 Å². The van der Waals surface area contributed by atoms with E-state index in [9.17, 15) is 9.90 Å². The van der Waals surface area contributed by atoms with Gasteiger partial charge in [-0.05, 0) is 72.9 Å². The Bertz CT molecular complexity index is 1240. The zero-order valence-electron chi connectivity index (χ0n) is 19.2. The van der Waals surface area contributed by atoms with Crippen LogP contribution in [0.15, 0.2) is 72.8 Å². The summed E-state index contributed by atoms with van der Waals surface area (Å²) in [7, 11) is 1.55. The summed E-state index contributed by atoms with van der Waals surface area (Å²) in [5.41, 5.74) is 4.29. The van der Waals surface area contributed by atoms with E-state index in [1.165, 1.54) is 0 Å². The Hall–Kier alpha value is -3.93. The van der Waals surface area contributed by atoms with Gasteiger partial charge in [-0.15, -0.1) is 0 Å². The van der Waals surface area contributed by atoms with Gasteiger partial charge in [-0.25, -0.2) is 0 Å². The van der Waals surface area contributed by atoms with Crippen LogP contribution < -0.4 is 20.1 Å². The Balaban J connectivity index is 1.47. The molecule has 3 unspecified atom stereocenters. The van der Waals surface area contributed by atoms with Gasteiger partial charge in [0.1, 0.15) is 5.75 Å². The van der Waals surface area contributed by atoms with Crippen molar-refractivity contribution in [3.05, 3.63) is 89.5 Å². The Kier molecular flexibility index (Phi) is 5.88. The Morgan fingerprint density at radius 2 is 1.97 bits per heavy atom. The SMILES string of the molecule is CCOc1ccc(NC(=O)c2cccc3c2NC(c2ccc(O)c(OC)c2)C2CC=CC32)cc1. The number of phenolic OH excluding ortho intramolecular Hbond substituents is 1. The van der Waals surface area contributed by atoms with Gasteiger partial charge in [0.2, 0.25) is 0 Å². The highest BCUT2D eigenvalue weighted by atomic mass is 16.5. The van der Waals surface area contributed by atoms with E-state index in [1.54, 1.807) is 13.2 Å². The molecule has 3 aromatic carbocycles. The number of hydrogen-bond donors (Lipinski definition) is 3. The van der Waals surface area contributed by atoms with Gasteiger partial charge < -0.3 is 25.2 Å². The highest BCUT2D eigenvalue weighted by Gasteiger charge is 2.39. The highest BCUT2D eigenvalue weighted by molar-refractivity contribution is 6.08. The van der Waals surface area contributed by atoms with E-state index in [0.29, 0.717) is 29.5 Å². The summed E-state index contributed by atoms with van der Waals surface area (Å²) in [6.07, 6.45) is 5.39. The van der Waals surface area contributed by atoms with Gasteiger partial charge in [-0.2, -0.15) is 0 Å². The van der Waals surface area contributed by atoms with Crippen LogP contribution in [0.4, 0.5) is 11.4 Å². The largest absolute Gasteiger partial charge is 0.504 e. The molecule has 0 saturated carbocycles. The quantitative estimate of drug-likeness (QED) is 0.404. The van der Waals surface area contributed by atoms with Crippen molar-refractivity contribution in [3.63, 3.8) is 0 Å². The molecule has 6 nitrogen and oxygen atoms in total. The third-order valence-corrected chi connectivity index (χ3v) is 6.63. The van der Waals surface area contributed by atoms with E-state index >= 15 is 0 Å². The van der Waals surface area contributed by atoms with Crippen molar-refractivity contribution in [2.75, 3.05) is 24.4 Å². The van der Waals surface area contributed by atoms with E-state index in [0.717, 1.165) is 29.0 Å². The second-order valence-corrected chi connectivity index (χ2v) is 8.59. The maximum Gasteiger partial charge on any atom is 0.257 e. The fourth-order valence-corrected chi connectivity index (χ4v) is 5.03. The lowest BCUT2D eigenvalue weighted by atomic mass is 9.76. The van der Waals surface area contributed by atoms with Crippen LogP contribution >= 0.6 is 0 Å². The van der Waals surface area contributed by atoms with Crippen LogP contribution in [0.25, 0.3) is 0 Å². The lowest BCUT2D eigenvalue weighted by Crippen LogP contribution is -2.31. The van der Waals surface area contributed by atoms with Gasteiger partial charge >= 0.3 is 0 Å². The number of rotatable bonds is 6. The number of ether oxygens (including phenoxy) is 2. The molecule has 0 radical (unpaired) electrons.